The number of anilines is 1. The fourth-order valence-corrected chi connectivity index (χ4v) is 2.45. The molecule has 0 atom stereocenters. The van der Waals surface area contributed by atoms with Crippen LogP contribution >= 0.6 is 0 Å². The normalized spacial score (nSPS) is 13.8. The van der Waals surface area contributed by atoms with E-state index in [-0.39, 0.29) is 32.5 Å². The summed E-state index contributed by atoms with van der Waals surface area (Å²) >= 11 is 0. The molecule has 0 saturated heterocycles. The van der Waals surface area contributed by atoms with Gasteiger partial charge in [0, 0.05) is 33.0 Å². The number of aromatic nitrogens is 5. The van der Waals surface area contributed by atoms with Crippen molar-refractivity contribution in [2.45, 2.75) is 18.5 Å². The van der Waals surface area contributed by atoms with Gasteiger partial charge in [0.15, 0.2) is 0 Å². The first kappa shape index (κ1) is 29.1. The van der Waals surface area contributed by atoms with Gasteiger partial charge in [-0.15, -0.1) is 0 Å². The molecule has 36 heavy (non-hydrogen) atoms. The molecule has 0 radical (unpaired) electrons. The summed E-state index contributed by atoms with van der Waals surface area (Å²) in [4.78, 5) is 13.2. The summed E-state index contributed by atoms with van der Waals surface area (Å²) in [7, 11) is 1.79. The molecule has 17 heteroatoms. The van der Waals surface area contributed by atoms with Gasteiger partial charge in [0.1, 0.15) is 11.5 Å². The first-order valence-electron chi connectivity index (χ1n) is 9.11. The molecule has 0 aromatic carbocycles. The van der Waals surface area contributed by atoms with Crippen LogP contribution in [0.1, 0.15) is 17.1 Å². The molecule has 1 aliphatic heterocycles. The molecule has 3 aromatic rings. The van der Waals surface area contributed by atoms with Crippen molar-refractivity contribution < 1.29 is 60.6 Å². The van der Waals surface area contributed by atoms with E-state index in [1.807, 2.05) is 0 Å². The van der Waals surface area contributed by atoms with Gasteiger partial charge in [0.05, 0.1) is 5.56 Å². The molecule has 198 valence electrons. The predicted octanol–water partition coefficient (Wildman–Crippen LogP) is 4.77. The first-order chi connectivity index (χ1) is 16.1. The van der Waals surface area contributed by atoms with Gasteiger partial charge >= 0.3 is 18.5 Å². The smallest absolute Gasteiger partial charge is 0.431 e. The molecule has 4 rings (SSSR count). The Kier molecular flexibility index (Phi) is 8.76. The number of halogens is 9. The summed E-state index contributed by atoms with van der Waals surface area (Å²) in [6.07, 6.45) is -6.21. The third-order valence-electron chi connectivity index (χ3n) is 4.07. The molecule has 0 spiro atoms. The molecular formula is C19H11F9N7Pt-3. The van der Waals surface area contributed by atoms with Gasteiger partial charge in [-0.05, 0) is 37.6 Å². The Morgan fingerprint density at radius 3 is 2.08 bits per heavy atom. The molecular weight excluding hydrogens is 692 g/mol. The van der Waals surface area contributed by atoms with Crippen molar-refractivity contribution in [2.75, 3.05) is 11.9 Å². The molecule has 1 aliphatic rings. The number of alkyl halides is 9. The Labute approximate surface area is 211 Å². The zero-order valence-corrected chi connectivity index (χ0v) is 19.7. The molecule has 0 saturated carbocycles. The fourth-order valence-electron chi connectivity index (χ4n) is 2.45. The molecule has 7 nitrogen and oxygen atoms in total. The molecule has 0 unspecified atom stereocenters. The van der Waals surface area contributed by atoms with Crippen LogP contribution in [0.4, 0.5) is 45.2 Å². The van der Waals surface area contributed by atoms with Gasteiger partial charge in [-0.3, -0.25) is 4.98 Å². The second-order valence-corrected chi connectivity index (χ2v) is 6.71. The SMILES string of the molecule is CN1C=CN(c2[c-]nc(C(F)(F)F)nc2)[CH-]1.FC(F)(F)c1ccnc(-c2cc(C(F)(F)F)n[n-]2)c1.[Pt]. The summed E-state index contributed by atoms with van der Waals surface area (Å²) in [6, 6.07) is 1.87. The van der Waals surface area contributed by atoms with Crippen molar-refractivity contribution in [3.63, 3.8) is 0 Å². The van der Waals surface area contributed by atoms with Gasteiger partial charge in [-0.1, -0.05) is 23.8 Å². The number of nitrogens with zero attached hydrogens (tertiary/aromatic N) is 7. The maximum atomic E-state index is 12.4. The zero-order valence-electron chi connectivity index (χ0n) is 17.5. The van der Waals surface area contributed by atoms with Crippen LogP contribution in [0, 0.1) is 12.9 Å². The van der Waals surface area contributed by atoms with Crippen LogP contribution in [-0.4, -0.2) is 32.0 Å². The van der Waals surface area contributed by atoms with Crippen LogP contribution in [0.15, 0.2) is 43.0 Å². The minimum atomic E-state index is -4.70. The summed E-state index contributed by atoms with van der Waals surface area (Å²) in [6.45, 7) is 1.67. The van der Waals surface area contributed by atoms with Crippen molar-refractivity contribution >= 4 is 5.69 Å². The van der Waals surface area contributed by atoms with E-state index in [0.29, 0.717) is 23.9 Å². The van der Waals surface area contributed by atoms with Crippen LogP contribution in [0.2, 0.25) is 0 Å². The van der Waals surface area contributed by atoms with E-state index in [0.717, 1.165) is 12.4 Å². The quantitative estimate of drug-likeness (QED) is 0.282. The Balaban J connectivity index is 0.000000250. The second kappa shape index (κ2) is 10.8. The second-order valence-electron chi connectivity index (χ2n) is 6.71. The Hall–Kier alpha value is -3.16. The molecule has 0 N–H and O–H groups in total. The average Bonchev–Trinajstić information content (AvgIpc) is 3.43. The Bertz CT molecular complexity index is 1170. The van der Waals surface area contributed by atoms with E-state index >= 15 is 0 Å². The fraction of sp³-hybridized carbons (Fsp3) is 0.211. The van der Waals surface area contributed by atoms with Gasteiger partial charge < -0.3 is 30.0 Å². The van der Waals surface area contributed by atoms with Crippen molar-refractivity contribution in [2.24, 2.45) is 0 Å². The van der Waals surface area contributed by atoms with E-state index in [1.165, 1.54) is 0 Å². The molecule has 0 bridgehead atoms. The van der Waals surface area contributed by atoms with Crippen LogP contribution in [0.5, 0.6) is 0 Å². The van der Waals surface area contributed by atoms with Gasteiger partial charge in [0.25, 0.3) is 0 Å². The van der Waals surface area contributed by atoms with Crippen LogP contribution < -0.4 is 10.00 Å². The maximum Gasteiger partial charge on any atom is 0.431 e. The van der Waals surface area contributed by atoms with Crippen molar-refractivity contribution in [3.8, 4) is 11.4 Å². The Morgan fingerprint density at radius 1 is 0.917 bits per heavy atom. The molecule has 0 amide bonds. The molecule has 0 aliphatic carbocycles. The van der Waals surface area contributed by atoms with Crippen molar-refractivity contribution in [3.05, 3.63) is 72.9 Å². The maximum absolute atomic E-state index is 12.4. The summed E-state index contributed by atoms with van der Waals surface area (Å²) in [5.74, 6) is -1.19. The topological polar surface area (TPSA) is 72.1 Å². The van der Waals surface area contributed by atoms with Gasteiger partial charge in [-0.25, -0.2) is 0 Å². The van der Waals surface area contributed by atoms with Crippen molar-refractivity contribution in [1.29, 1.82) is 0 Å². The molecule has 4 heterocycles. The minimum Gasteiger partial charge on any atom is -0.573 e. The van der Waals surface area contributed by atoms with E-state index in [4.69, 9.17) is 0 Å². The minimum absolute atomic E-state index is 0. The zero-order chi connectivity index (χ0) is 26.0. The number of rotatable bonds is 2. The van der Waals surface area contributed by atoms with Crippen LogP contribution in [0.25, 0.3) is 11.4 Å². The Morgan fingerprint density at radius 2 is 1.61 bits per heavy atom. The van der Waals surface area contributed by atoms with E-state index in [1.54, 1.807) is 35.9 Å². The third kappa shape index (κ3) is 7.42. The van der Waals surface area contributed by atoms with Crippen LogP contribution in [-0.2, 0) is 39.6 Å². The predicted molar refractivity (Wildman–Crippen MR) is 100 cm³/mol. The summed E-state index contributed by atoms with van der Waals surface area (Å²) in [5.41, 5.74) is -2.62. The van der Waals surface area contributed by atoms with E-state index < -0.39 is 35.6 Å². The number of pyridine rings is 1. The van der Waals surface area contributed by atoms with Gasteiger partial charge in [0.2, 0.25) is 0 Å². The standard InChI is InChI=1S/C10H4F6N3.C9H7F3N4.Pt/c11-9(12,13)5-1-2-17-6(3-5)7-4-8(19-18-7)10(14,15)16;1-15-2-3-16(6-15)7-4-13-8(14-5-7)9(10,11)12;/h1-4H;2-4,6H,1H3;/q-1;-2;. The van der Waals surface area contributed by atoms with Gasteiger partial charge in [-0.2, -0.15) is 46.2 Å². The number of hydrogen-bond donors (Lipinski definition) is 0. The summed E-state index contributed by atoms with van der Waals surface area (Å²) in [5, 5.41) is 6.04. The first-order valence-corrected chi connectivity index (χ1v) is 9.11. The number of hydrogen-bond acceptors (Lipinski definition) is 6. The van der Waals surface area contributed by atoms with E-state index in [2.05, 4.69) is 31.3 Å². The van der Waals surface area contributed by atoms with Crippen molar-refractivity contribution in [1.82, 2.24) is 30.0 Å². The summed E-state index contributed by atoms with van der Waals surface area (Å²) < 4.78 is 111. The third-order valence-corrected chi connectivity index (χ3v) is 4.07. The largest absolute Gasteiger partial charge is 0.573 e. The molecule has 3 aromatic heterocycles. The monoisotopic (exact) mass is 703 g/mol. The van der Waals surface area contributed by atoms with E-state index in [9.17, 15) is 39.5 Å². The average molecular weight is 703 g/mol. The van der Waals surface area contributed by atoms with Crippen LogP contribution in [0.3, 0.4) is 0 Å². The molecule has 0 fully saturated rings.